The molecule has 7 heteroatoms. The van der Waals surface area contributed by atoms with Crippen LogP contribution in [0.15, 0.2) is 46.9 Å². The number of fused-ring (bicyclic) bond motifs is 1. The predicted molar refractivity (Wildman–Crippen MR) is 118 cm³/mol. The van der Waals surface area contributed by atoms with Crippen molar-refractivity contribution < 1.29 is 23.5 Å². The Balaban J connectivity index is 1.71. The maximum Gasteiger partial charge on any atom is 0.344 e. The van der Waals surface area contributed by atoms with Gasteiger partial charge >= 0.3 is 5.97 Å². The van der Waals surface area contributed by atoms with Crippen LogP contribution < -0.4 is 5.32 Å². The van der Waals surface area contributed by atoms with Gasteiger partial charge in [0.15, 0.2) is 5.78 Å². The fourth-order valence-electron chi connectivity index (χ4n) is 3.57. The molecule has 0 saturated heterocycles. The van der Waals surface area contributed by atoms with Crippen molar-refractivity contribution in [3.05, 3.63) is 64.9 Å². The summed E-state index contributed by atoms with van der Waals surface area (Å²) < 4.78 is 10.6. The molecule has 1 aromatic heterocycles. The Labute approximate surface area is 181 Å². The summed E-state index contributed by atoms with van der Waals surface area (Å²) in [7, 11) is 1.83. The fourth-order valence-corrected chi connectivity index (χ4v) is 3.57. The number of carbonyl (C=O) groups is 3. The highest BCUT2D eigenvalue weighted by atomic mass is 16.5. The molecule has 0 fully saturated rings. The minimum Gasteiger partial charge on any atom is -0.462 e. The first-order chi connectivity index (χ1) is 14.8. The summed E-state index contributed by atoms with van der Waals surface area (Å²) >= 11 is 0. The lowest BCUT2D eigenvalue weighted by Crippen LogP contribution is -2.30. The topological polar surface area (TPSA) is 88.8 Å². The Bertz CT molecular complexity index is 1130. The zero-order valence-corrected chi connectivity index (χ0v) is 18.2. The summed E-state index contributed by atoms with van der Waals surface area (Å²) in [5.74, 6) is -1.21. The lowest BCUT2D eigenvalue weighted by Gasteiger charge is -2.16. The van der Waals surface area contributed by atoms with Crippen molar-refractivity contribution >= 4 is 34.3 Å². The summed E-state index contributed by atoms with van der Waals surface area (Å²) in [4.78, 5) is 38.8. The van der Waals surface area contributed by atoms with E-state index in [1.807, 2.05) is 36.2 Å². The SMILES string of the molecule is CCOC(=O)c1c(NC(=O)CN(C)Cc2ccc3ccccc3c2)oc(C)c1C(C)=O. The van der Waals surface area contributed by atoms with E-state index in [2.05, 4.69) is 23.5 Å². The molecule has 2 aromatic carbocycles. The number of nitrogens with one attached hydrogen (secondary N) is 1. The molecule has 1 amide bonds. The maximum atomic E-state index is 12.6. The van der Waals surface area contributed by atoms with E-state index < -0.39 is 5.97 Å². The van der Waals surface area contributed by atoms with Gasteiger partial charge in [-0.1, -0.05) is 36.4 Å². The largest absolute Gasteiger partial charge is 0.462 e. The minimum absolute atomic E-state index is 0.0441. The second-order valence-electron chi connectivity index (χ2n) is 7.42. The number of hydrogen-bond acceptors (Lipinski definition) is 6. The molecule has 1 heterocycles. The molecule has 0 spiro atoms. The third-order valence-corrected chi connectivity index (χ3v) is 4.85. The average molecular weight is 422 g/mol. The summed E-state index contributed by atoms with van der Waals surface area (Å²) in [6, 6.07) is 14.3. The van der Waals surface area contributed by atoms with E-state index in [-0.39, 0.29) is 47.6 Å². The van der Waals surface area contributed by atoms with Crippen molar-refractivity contribution in [2.24, 2.45) is 0 Å². The van der Waals surface area contributed by atoms with Gasteiger partial charge in [0.2, 0.25) is 11.8 Å². The standard InChI is InChI=1S/C24H26N2O5/c1-5-30-24(29)22-21(15(2)27)16(3)31-23(22)25-20(28)14-26(4)13-17-10-11-18-8-6-7-9-19(18)12-17/h6-12H,5,13-14H2,1-4H3,(H,25,28). The van der Waals surface area contributed by atoms with Gasteiger partial charge in [-0.15, -0.1) is 0 Å². The van der Waals surface area contributed by atoms with Crippen molar-refractivity contribution in [1.29, 1.82) is 0 Å². The number of esters is 1. The molecule has 0 bridgehead atoms. The zero-order chi connectivity index (χ0) is 22.5. The third kappa shape index (κ3) is 5.19. The number of likely N-dealkylation sites (N-methyl/N-ethyl adjacent to an activating group) is 1. The first kappa shape index (κ1) is 22.2. The lowest BCUT2D eigenvalue weighted by molar-refractivity contribution is -0.117. The number of aryl methyl sites for hydroxylation is 1. The van der Waals surface area contributed by atoms with Gasteiger partial charge in [-0.25, -0.2) is 4.79 Å². The molecule has 0 atom stereocenters. The Hall–Kier alpha value is -3.45. The van der Waals surface area contributed by atoms with Crippen LogP contribution in [0.5, 0.6) is 0 Å². The van der Waals surface area contributed by atoms with Crippen molar-refractivity contribution in [1.82, 2.24) is 4.90 Å². The molecule has 3 rings (SSSR count). The van der Waals surface area contributed by atoms with E-state index >= 15 is 0 Å². The molecule has 0 aliphatic rings. The number of anilines is 1. The van der Waals surface area contributed by atoms with Gasteiger partial charge in [-0.3, -0.25) is 19.8 Å². The van der Waals surface area contributed by atoms with Crippen LogP contribution in [-0.2, 0) is 16.1 Å². The van der Waals surface area contributed by atoms with Crippen molar-refractivity contribution in [2.75, 3.05) is 25.5 Å². The van der Waals surface area contributed by atoms with E-state index in [1.165, 1.54) is 6.92 Å². The first-order valence-corrected chi connectivity index (χ1v) is 10.1. The van der Waals surface area contributed by atoms with E-state index in [9.17, 15) is 14.4 Å². The molecule has 31 heavy (non-hydrogen) atoms. The number of hydrogen-bond donors (Lipinski definition) is 1. The number of amides is 1. The van der Waals surface area contributed by atoms with E-state index in [0.717, 1.165) is 16.3 Å². The summed E-state index contributed by atoms with van der Waals surface area (Å²) in [5, 5.41) is 4.91. The molecule has 0 radical (unpaired) electrons. The molecule has 1 N–H and O–H groups in total. The summed E-state index contributed by atoms with van der Waals surface area (Å²) in [6.45, 7) is 5.36. The van der Waals surface area contributed by atoms with E-state index in [4.69, 9.17) is 9.15 Å². The lowest BCUT2D eigenvalue weighted by atomic mass is 10.1. The van der Waals surface area contributed by atoms with Crippen LogP contribution in [0.2, 0.25) is 0 Å². The van der Waals surface area contributed by atoms with Crippen LogP contribution in [0.1, 0.15) is 45.9 Å². The Morgan fingerprint density at radius 3 is 2.45 bits per heavy atom. The molecule has 7 nitrogen and oxygen atoms in total. The highest BCUT2D eigenvalue weighted by Crippen LogP contribution is 2.28. The third-order valence-electron chi connectivity index (χ3n) is 4.85. The van der Waals surface area contributed by atoms with Gasteiger partial charge in [-0.05, 0) is 50.2 Å². The quantitative estimate of drug-likeness (QED) is 0.433. The summed E-state index contributed by atoms with van der Waals surface area (Å²) in [5.41, 5.74) is 1.16. The van der Waals surface area contributed by atoms with Crippen LogP contribution in [0.4, 0.5) is 5.88 Å². The number of Topliss-reactive ketones (excluding diaryl/α,β-unsaturated/α-hetero) is 1. The van der Waals surface area contributed by atoms with Crippen LogP contribution in [-0.4, -0.2) is 42.8 Å². The molecule has 0 unspecified atom stereocenters. The molecule has 3 aromatic rings. The van der Waals surface area contributed by atoms with Gasteiger partial charge in [0.1, 0.15) is 11.3 Å². The van der Waals surface area contributed by atoms with Gasteiger partial charge in [-0.2, -0.15) is 0 Å². The molecular formula is C24H26N2O5. The van der Waals surface area contributed by atoms with Gasteiger partial charge < -0.3 is 9.15 Å². The van der Waals surface area contributed by atoms with Crippen LogP contribution in [0, 0.1) is 6.92 Å². The van der Waals surface area contributed by atoms with Gasteiger partial charge in [0.25, 0.3) is 0 Å². The highest BCUT2D eigenvalue weighted by Gasteiger charge is 2.28. The smallest absolute Gasteiger partial charge is 0.344 e. The monoisotopic (exact) mass is 422 g/mol. The van der Waals surface area contributed by atoms with Crippen LogP contribution in [0.25, 0.3) is 10.8 Å². The fraction of sp³-hybridized carbons (Fsp3) is 0.292. The van der Waals surface area contributed by atoms with E-state index in [0.29, 0.717) is 6.54 Å². The normalized spacial score (nSPS) is 11.0. The number of carbonyl (C=O) groups excluding carboxylic acids is 3. The minimum atomic E-state index is -0.704. The Morgan fingerprint density at radius 1 is 1.06 bits per heavy atom. The number of ether oxygens (including phenoxy) is 1. The molecule has 0 aliphatic heterocycles. The maximum absolute atomic E-state index is 12.6. The van der Waals surface area contributed by atoms with Crippen LogP contribution in [0.3, 0.4) is 0 Å². The first-order valence-electron chi connectivity index (χ1n) is 10.1. The number of benzene rings is 2. The molecule has 162 valence electrons. The zero-order valence-electron chi connectivity index (χ0n) is 18.2. The van der Waals surface area contributed by atoms with Gasteiger partial charge in [0.05, 0.1) is 18.7 Å². The Morgan fingerprint density at radius 2 is 1.77 bits per heavy atom. The average Bonchev–Trinajstić information content (AvgIpc) is 3.03. The molecular weight excluding hydrogens is 396 g/mol. The van der Waals surface area contributed by atoms with Crippen LogP contribution >= 0.6 is 0 Å². The number of furan rings is 1. The van der Waals surface area contributed by atoms with Crippen molar-refractivity contribution in [2.45, 2.75) is 27.3 Å². The van der Waals surface area contributed by atoms with E-state index in [1.54, 1.807) is 13.8 Å². The number of nitrogens with zero attached hydrogens (tertiary/aromatic N) is 1. The number of ketones is 1. The number of rotatable bonds is 8. The van der Waals surface area contributed by atoms with Gasteiger partial charge in [0, 0.05) is 6.54 Å². The molecule has 0 aliphatic carbocycles. The highest BCUT2D eigenvalue weighted by molar-refractivity contribution is 6.10. The second-order valence-corrected chi connectivity index (χ2v) is 7.42. The van der Waals surface area contributed by atoms with Crippen molar-refractivity contribution in [3.63, 3.8) is 0 Å². The molecule has 0 saturated carbocycles. The Kier molecular flexibility index (Phi) is 6.87. The second kappa shape index (κ2) is 9.57. The predicted octanol–water partition coefficient (Wildman–Crippen LogP) is 4.19. The summed E-state index contributed by atoms with van der Waals surface area (Å²) in [6.07, 6.45) is 0. The van der Waals surface area contributed by atoms with Crippen molar-refractivity contribution in [3.8, 4) is 0 Å².